The predicted octanol–water partition coefficient (Wildman–Crippen LogP) is 5.23. The summed E-state index contributed by atoms with van der Waals surface area (Å²) in [5.74, 6) is -4.11. The van der Waals surface area contributed by atoms with Crippen molar-refractivity contribution >= 4 is 0 Å². The largest absolute Gasteiger partial charge is 0.474 e. The van der Waals surface area contributed by atoms with Crippen molar-refractivity contribution in [3.63, 3.8) is 0 Å². The Morgan fingerprint density at radius 3 is 1.21 bits per heavy atom. The molecule has 0 radical (unpaired) electrons. The van der Waals surface area contributed by atoms with Crippen molar-refractivity contribution in [2.75, 3.05) is 26.4 Å². The lowest BCUT2D eigenvalue weighted by molar-refractivity contribution is -0.186. The minimum absolute atomic E-state index is 0.123. The fourth-order valence-corrected chi connectivity index (χ4v) is 5.90. The Kier molecular flexibility index (Phi) is 11.0. The number of ether oxygens (including phenoxy) is 6. The lowest BCUT2D eigenvalue weighted by Crippen LogP contribution is -2.38. The Morgan fingerprint density at radius 1 is 0.625 bits per heavy atom. The predicted molar refractivity (Wildman–Crippen MR) is 150 cm³/mol. The number of nitrogens with zero attached hydrogens (tertiary/aromatic N) is 4. The molecule has 2 aromatic rings. The van der Waals surface area contributed by atoms with Crippen LogP contribution in [0.15, 0.2) is 12.1 Å². The van der Waals surface area contributed by atoms with Gasteiger partial charge in [0.15, 0.2) is 11.6 Å². The first-order valence-corrected chi connectivity index (χ1v) is 15.7. The summed E-state index contributed by atoms with van der Waals surface area (Å²) in [4.78, 5) is 13.6. The SMILES string of the molecule is C[C@@H](O)c1cc(OC2CCC3(CC2)OCCO3)nc(C(F)(F)F)n1.C[C@H](O)c1cc(OC2CCC3(CC2)OCCO3)nc(C(F)(F)F)n1. The van der Waals surface area contributed by atoms with Gasteiger partial charge >= 0.3 is 12.4 Å². The van der Waals surface area contributed by atoms with Crippen LogP contribution in [-0.2, 0) is 31.3 Å². The molecule has 4 aliphatic rings. The first-order valence-electron chi connectivity index (χ1n) is 15.7. The second-order valence-electron chi connectivity index (χ2n) is 12.1. The van der Waals surface area contributed by atoms with Crippen LogP contribution in [0, 0.1) is 0 Å². The maximum Gasteiger partial charge on any atom is 0.451 e. The second-order valence-corrected chi connectivity index (χ2v) is 12.1. The zero-order chi connectivity index (χ0) is 34.7. The van der Waals surface area contributed by atoms with E-state index in [0.717, 1.165) is 0 Å². The average Bonchev–Trinajstić information content (AvgIpc) is 3.69. The van der Waals surface area contributed by atoms with Gasteiger partial charge in [0.2, 0.25) is 23.4 Å². The van der Waals surface area contributed by atoms with Gasteiger partial charge in [0.05, 0.1) is 50.0 Å². The van der Waals surface area contributed by atoms with E-state index >= 15 is 0 Å². The minimum atomic E-state index is -4.70. The van der Waals surface area contributed by atoms with Gasteiger partial charge in [-0.25, -0.2) is 9.97 Å². The zero-order valence-corrected chi connectivity index (χ0v) is 26.3. The van der Waals surface area contributed by atoms with Crippen LogP contribution in [0.1, 0.15) is 100 Å². The third-order valence-corrected chi connectivity index (χ3v) is 8.40. The molecule has 18 heteroatoms. The summed E-state index contributed by atoms with van der Waals surface area (Å²) in [6.07, 6.45) is -7.39. The number of aliphatic hydroxyl groups excluding tert-OH is 2. The maximum absolute atomic E-state index is 12.9. The number of aliphatic hydroxyl groups is 2. The molecule has 0 unspecified atom stereocenters. The quantitative estimate of drug-likeness (QED) is 0.382. The van der Waals surface area contributed by atoms with E-state index < -0.39 is 47.8 Å². The fraction of sp³-hybridized carbons (Fsp3) is 0.733. The van der Waals surface area contributed by atoms with Gasteiger partial charge in [-0.2, -0.15) is 36.3 Å². The Morgan fingerprint density at radius 2 is 0.938 bits per heavy atom. The molecule has 2 aromatic heterocycles. The lowest BCUT2D eigenvalue weighted by Gasteiger charge is -2.35. The van der Waals surface area contributed by atoms with Crippen molar-refractivity contribution in [1.82, 2.24) is 19.9 Å². The Labute approximate surface area is 272 Å². The third kappa shape index (κ3) is 9.20. The highest BCUT2D eigenvalue weighted by Crippen LogP contribution is 2.39. The van der Waals surface area contributed by atoms with E-state index in [1.54, 1.807) is 0 Å². The van der Waals surface area contributed by atoms with Gasteiger partial charge in [0, 0.05) is 37.8 Å². The lowest BCUT2D eigenvalue weighted by atomic mass is 9.92. The summed E-state index contributed by atoms with van der Waals surface area (Å²) < 4.78 is 111. The molecule has 0 aromatic carbocycles. The molecule has 0 amide bonds. The highest BCUT2D eigenvalue weighted by Gasteiger charge is 2.43. The Hall–Kier alpha value is -2.90. The van der Waals surface area contributed by atoms with Crippen molar-refractivity contribution in [2.24, 2.45) is 0 Å². The van der Waals surface area contributed by atoms with E-state index in [9.17, 15) is 36.6 Å². The molecular weight excluding hydrogens is 658 g/mol. The van der Waals surface area contributed by atoms with Crippen LogP contribution in [-0.4, -0.2) is 80.4 Å². The molecule has 0 bridgehead atoms. The summed E-state index contributed by atoms with van der Waals surface area (Å²) in [5.41, 5.74) is -0.246. The van der Waals surface area contributed by atoms with Gasteiger partial charge in [-0.15, -0.1) is 0 Å². The van der Waals surface area contributed by atoms with Crippen LogP contribution >= 0.6 is 0 Å². The van der Waals surface area contributed by atoms with Crippen LogP contribution in [0.2, 0.25) is 0 Å². The van der Waals surface area contributed by atoms with Crippen molar-refractivity contribution < 1.29 is 65.0 Å². The van der Waals surface area contributed by atoms with Gasteiger partial charge in [-0.1, -0.05) is 0 Å². The molecule has 48 heavy (non-hydrogen) atoms. The summed E-state index contributed by atoms with van der Waals surface area (Å²) >= 11 is 0. The molecule has 268 valence electrons. The monoisotopic (exact) mass is 696 g/mol. The molecule has 4 fully saturated rings. The van der Waals surface area contributed by atoms with E-state index in [1.807, 2.05) is 0 Å². The highest BCUT2D eigenvalue weighted by atomic mass is 19.4. The third-order valence-electron chi connectivity index (χ3n) is 8.40. The van der Waals surface area contributed by atoms with E-state index in [0.29, 0.717) is 77.8 Å². The summed E-state index contributed by atoms with van der Waals surface area (Å²) in [6.45, 7) is 4.92. The van der Waals surface area contributed by atoms with E-state index in [-0.39, 0.29) is 35.4 Å². The molecule has 2 saturated heterocycles. The zero-order valence-electron chi connectivity index (χ0n) is 26.3. The van der Waals surface area contributed by atoms with E-state index in [2.05, 4.69) is 19.9 Å². The normalized spacial score (nSPS) is 23.8. The van der Waals surface area contributed by atoms with E-state index in [4.69, 9.17) is 28.4 Å². The molecular formula is C30H38F6N4O8. The summed E-state index contributed by atoms with van der Waals surface area (Å²) in [5, 5.41) is 19.1. The molecule has 2 N–H and O–H groups in total. The molecule has 4 heterocycles. The molecule has 6 rings (SSSR count). The van der Waals surface area contributed by atoms with E-state index in [1.165, 1.54) is 26.0 Å². The average molecular weight is 697 g/mol. The maximum atomic E-state index is 12.9. The van der Waals surface area contributed by atoms with Crippen LogP contribution in [0.4, 0.5) is 26.3 Å². The molecule has 2 aliphatic carbocycles. The molecule has 2 atom stereocenters. The molecule has 12 nitrogen and oxygen atoms in total. The number of halogens is 6. The molecule has 2 saturated carbocycles. The smallest absolute Gasteiger partial charge is 0.451 e. The van der Waals surface area contributed by atoms with Crippen LogP contribution in [0.3, 0.4) is 0 Å². The Balaban J connectivity index is 0.000000188. The van der Waals surface area contributed by atoms with Crippen molar-refractivity contribution in [2.45, 2.75) is 114 Å². The Bertz CT molecular complexity index is 1260. The topological polar surface area (TPSA) is 147 Å². The highest BCUT2D eigenvalue weighted by molar-refractivity contribution is 5.20. The van der Waals surface area contributed by atoms with Crippen molar-refractivity contribution in [3.8, 4) is 11.8 Å². The summed E-state index contributed by atoms with van der Waals surface area (Å²) in [7, 11) is 0. The number of hydrogen-bond acceptors (Lipinski definition) is 12. The first kappa shape index (κ1) is 36.4. The standard InChI is InChI=1S/2C15H19F3N2O4/c2*1-9(21)11-8-12(20-13(19-11)15(16,17)18)24-10-2-4-14(5-3-10)22-6-7-23-14/h2*8-10,21H,2-7H2,1H3/t2*9-/m10/s1. The van der Waals surface area contributed by atoms with Gasteiger partial charge in [0.1, 0.15) is 12.2 Å². The van der Waals surface area contributed by atoms with Gasteiger partial charge in [0.25, 0.3) is 0 Å². The minimum Gasteiger partial charge on any atom is -0.474 e. The molecule has 2 spiro atoms. The van der Waals surface area contributed by atoms with Gasteiger partial charge in [-0.05, 0) is 39.5 Å². The van der Waals surface area contributed by atoms with Gasteiger partial charge in [-0.3, -0.25) is 0 Å². The number of aromatic nitrogens is 4. The van der Waals surface area contributed by atoms with Crippen LogP contribution in [0.5, 0.6) is 11.8 Å². The van der Waals surface area contributed by atoms with Crippen LogP contribution in [0.25, 0.3) is 0 Å². The second kappa shape index (κ2) is 14.5. The number of alkyl halides is 6. The van der Waals surface area contributed by atoms with Gasteiger partial charge < -0.3 is 38.6 Å². The van der Waals surface area contributed by atoms with Crippen molar-refractivity contribution in [1.29, 1.82) is 0 Å². The van der Waals surface area contributed by atoms with Crippen LogP contribution < -0.4 is 9.47 Å². The number of hydrogen-bond donors (Lipinski definition) is 2. The first-order chi connectivity index (χ1) is 22.5. The number of rotatable bonds is 6. The molecule has 2 aliphatic heterocycles. The fourth-order valence-electron chi connectivity index (χ4n) is 5.90. The summed E-state index contributed by atoms with van der Waals surface area (Å²) in [6, 6.07) is 2.49. The van der Waals surface area contributed by atoms with Crippen molar-refractivity contribution in [3.05, 3.63) is 35.2 Å².